The van der Waals surface area contributed by atoms with Crippen LogP contribution in [0.3, 0.4) is 0 Å². The highest BCUT2D eigenvalue weighted by atomic mass is 16.7. The van der Waals surface area contributed by atoms with E-state index >= 15 is 0 Å². The molecule has 2 aliphatic heterocycles. The first kappa shape index (κ1) is 16.9. The van der Waals surface area contributed by atoms with Gasteiger partial charge in [0.05, 0.1) is 6.26 Å². The summed E-state index contributed by atoms with van der Waals surface area (Å²) >= 11 is 0. The maximum Gasteiger partial charge on any atom is 0.337 e. The van der Waals surface area contributed by atoms with Crippen molar-refractivity contribution in [2.24, 2.45) is 11.3 Å². The summed E-state index contributed by atoms with van der Waals surface area (Å²) in [7, 11) is 0. The van der Waals surface area contributed by atoms with Gasteiger partial charge >= 0.3 is 5.97 Å². The van der Waals surface area contributed by atoms with Crippen LogP contribution in [0.5, 0.6) is 0 Å². The molecule has 136 valence electrons. The van der Waals surface area contributed by atoms with E-state index in [1.54, 1.807) is 18.8 Å². The van der Waals surface area contributed by atoms with Gasteiger partial charge in [0.1, 0.15) is 6.23 Å². The standard InChI is InChI=1S/C20H27NO4/c1-10-11(2)19(25-18(10)23)24-9-14-13-8-12-6-5-7-20(3,4)15(12)16(13)21-17(14)22/h9,13,16-17,19,21-22H,5-8H2,1-4H3/b14-9+/t13-,16+,17?,19-/m1/s1. The fraction of sp³-hybridized carbons (Fsp3) is 0.650. The monoisotopic (exact) mass is 345 g/mol. The third-order valence-electron chi connectivity index (χ3n) is 6.44. The molecule has 2 aliphatic carbocycles. The van der Waals surface area contributed by atoms with Crippen molar-refractivity contribution in [2.45, 2.75) is 71.9 Å². The van der Waals surface area contributed by atoms with Gasteiger partial charge in [-0.15, -0.1) is 0 Å². The van der Waals surface area contributed by atoms with Crippen molar-refractivity contribution in [3.05, 3.63) is 34.1 Å². The van der Waals surface area contributed by atoms with E-state index in [-0.39, 0.29) is 23.3 Å². The third kappa shape index (κ3) is 2.56. The normalized spacial score (nSPS) is 38.3. The number of cyclic esters (lactones) is 1. The Morgan fingerprint density at radius 1 is 1.36 bits per heavy atom. The van der Waals surface area contributed by atoms with Crippen molar-refractivity contribution in [2.75, 3.05) is 0 Å². The number of hydrogen-bond acceptors (Lipinski definition) is 5. The molecule has 0 aromatic carbocycles. The predicted molar refractivity (Wildman–Crippen MR) is 93.1 cm³/mol. The first-order valence-corrected chi connectivity index (χ1v) is 9.20. The molecule has 0 radical (unpaired) electrons. The summed E-state index contributed by atoms with van der Waals surface area (Å²) in [6.07, 6.45) is 4.83. The Morgan fingerprint density at radius 2 is 2.12 bits per heavy atom. The zero-order valence-corrected chi connectivity index (χ0v) is 15.4. The molecule has 4 atom stereocenters. The van der Waals surface area contributed by atoms with Crippen LogP contribution in [-0.2, 0) is 14.3 Å². The smallest absolute Gasteiger partial charge is 0.337 e. The van der Waals surface area contributed by atoms with Gasteiger partial charge in [-0.1, -0.05) is 19.4 Å². The van der Waals surface area contributed by atoms with Gasteiger partial charge in [-0.2, -0.15) is 0 Å². The first-order chi connectivity index (χ1) is 11.8. The van der Waals surface area contributed by atoms with E-state index in [4.69, 9.17) is 9.47 Å². The second-order valence-electron chi connectivity index (χ2n) is 8.41. The highest BCUT2D eigenvalue weighted by Gasteiger charge is 2.50. The van der Waals surface area contributed by atoms with Gasteiger partial charge in [-0.25, -0.2) is 4.79 Å². The molecule has 0 aromatic rings. The molecule has 1 unspecified atom stereocenters. The highest BCUT2D eigenvalue weighted by Crippen LogP contribution is 2.53. The average molecular weight is 345 g/mol. The van der Waals surface area contributed by atoms with E-state index in [0.29, 0.717) is 5.57 Å². The number of carbonyl (C=O) groups is 1. The van der Waals surface area contributed by atoms with Gasteiger partial charge in [0.2, 0.25) is 0 Å². The molecule has 0 spiro atoms. The number of fused-ring (bicyclic) bond motifs is 2. The molecular weight excluding hydrogens is 318 g/mol. The van der Waals surface area contributed by atoms with Gasteiger partial charge in [-0.05, 0) is 50.5 Å². The van der Waals surface area contributed by atoms with E-state index in [2.05, 4.69) is 19.2 Å². The maximum atomic E-state index is 11.6. The first-order valence-electron chi connectivity index (χ1n) is 9.20. The summed E-state index contributed by atoms with van der Waals surface area (Å²) in [4.78, 5) is 11.6. The molecule has 1 saturated heterocycles. The van der Waals surface area contributed by atoms with Gasteiger partial charge in [0, 0.05) is 28.7 Å². The molecule has 0 aromatic heterocycles. The Kier molecular flexibility index (Phi) is 3.85. The van der Waals surface area contributed by atoms with E-state index in [1.807, 2.05) is 6.92 Å². The van der Waals surface area contributed by atoms with E-state index in [0.717, 1.165) is 17.6 Å². The number of allylic oxidation sites excluding steroid dienone is 1. The van der Waals surface area contributed by atoms with Gasteiger partial charge in [0.25, 0.3) is 6.29 Å². The number of carbonyl (C=O) groups excluding carboxylic acids is 1. The molecule has 25 heavy (non-hydrogen) atoms. The molecule has 0 saturated carbocycles. The molecule has 1 fully saturated rings. The summed E-state index contributed by atoms with van der Waals surface area (Å²) in [6, 6.07) is 0.194. The summed E-state index contributed by atoms with van der Waals surface area (Å²) < 4.78 is 11.0. The quantitative estimate of drug-likeness (QED) is 0.458. The van der Waals surface area contributed by atoms with Crippen LogP contribution in [0, 0.1) is 11.3 Å². The summed E-state index contributed by atoms with van der Waals surface area (Å²) in [5, 5.41) is 13.9. The number of aliphatic hydroxyl groups is 1. The summed E-state index contributed by atoms with van der Waals surface area (Å²) in [5.74, 6) is -0.0940. The SMILES string of the molecule is CC1=C(C)[C@H](O/C=C2/C(O)N[C@@H]3C4=C(CCCC4(C)C)C[C@H]23)OC1=O. The summed E-state index contributed by atoms with van der Waals surface area (Å²) in [5.41, 5.74) is 5.49. The second-order valence-corrected chi connectivity index (χ2v) is 8.41. The van der Waals surface area contributed by atoms with Crippen LogP contribution in [0.1, 0.15) is 53.4 Å². The summed E-state index contributed by atoms with van der Waals surface area (Å²) in [6.45, 7) is 8.21. The molecule has 4 aliphatic rings. The molecule has 0 bridgehead atoms. The minimum atomic E-state index is -0.704. The van der Waals surface area contributed by atoms with Crippen molar-refractivity contribution in [3.63, 3.8) is 0 Å². The van der Waals surface area contributed by atoms with Gasteiger partial charge < -0.3 is 14.6 Å². The van der Waals surface area contributed by atoms with E-state index in [9.17, 15) is 9.90 Å². The van der Waals surface area contributed by atoms with E-state index in [1.165, 1.54) is 24.8 Å². The largest absolute Gasteiger partial charge is 0.458 e. The van der Waals surface area contributed by atoms with Crippen LogP contribution < -0.4 is 5.32 Å². The molecule has 2 N–H and O–H groups in total. The van der Waals surface area contributed by atoms with Crippen LogP contribution in [0.4, 0.5) is 0 Å². The third-order valence-corrected chi connectivity index (χ3v) is 6.44. The van der Waals surface area contributed by atoms with Crippen LogP contribution in [0.2, 0.25) is 0 Å². The predicted octanol–water partition coefficient (Wildman–Crippen LogP) is 2.92. The van der Waals surface area contributed by atoms with Gasteiger partial charge in [0.15, 0.2) is 0 Å². The molecule has 2 heterocycles. The van der Waals surface area contributed by atoms with Crippen LogP contribution in [0.15, 0.2) is 34.1 Å². The van der Waals surface area contributed by atoms with Crippen LogP contribution >= 0.6 is 0 Å². The number of rotatable bonds is 2. The fourth-order valence-corrected chi connectivity index (χ4v) is 4.94. The van der Waals surface area contributed by atoms with Crippen molar-refractivity contribution >= 4 is 5.97 Å². The zero-order chi connectivity index (χ0) is 17.9. The Labute approximate surface area is 148 Å². The highest BCUT2D eigenvalue weighted by molar-refractivity contribution is 5.91. The lowest BCUT2D eigenvalue weighted by atomic mass is 9.72. The minimum Gasteiger partial charge on any atom is -0.458 e. The Hall–Kier alpha value is -1.59. The topological polar surface area (TPSA) is 67.8 Å². The fourth-order valence-electron chi connectivity index (χ4n) is 4.94. The number of hydrogen-bond donors (Lipinski definition) is 2. The Morgan fingerprint density at radius 3 is 2.80 bits per heavy atom. The molecule has 5 nitrogen and oxygen atoms in total. The molecule has 4 rings (SSSR count). The van der Waals surface area contributed by atoms with Crippen molar-refractivity contribution in [1.29, 1.82) is 0 Å². The minimum absolute atomic E-state index is 0.188. The number of esters is 1. The zero-order valence-electron chi connectivity index (χ0n) is 15.4. The Bertz CT molecular complexity index is 715. The number of nitrogens with one attached hydrogen (secondary N) is 1. The molecule has 0 amide bonds. The molecule has 5 heteroatoms. The second kappa shape index (κ2) is 5.71. The van der Waals surface area contributed by atoms with Gasteiger partial charge in [-0.3, -0.25) is 5.32 Å². The number of ether oxygens (including phenoxy) is 2. The lowest BCUT2D eigenvalue weighted by Crippen LogP contribution is -2.37. The van der Waals surface area contributed by atoms with Crippen molar-refractivity contribution < 1.29 is 19.4 Å². The van der Waals surface area contributed by atoms with E-state index < -0.39 is 12.5 Å². The number of aliphatic hydroxyl groups excluding tert-OH is 1. The van der Waals surface area contributed by atoms with Crippen molar-refractivity contribution in [3.8, 4) is 0 Å². The lowest BCUT2D eigenvalue weighted by Gasteiger charge is -2.35. The van der Waals surface area contributed by atoms with Crippen LogP contribution in [-0.4, -0.2) is 29.6 Å². The van der Waals surface area contributed by atoms with Crippen LogP contribution in [0.25, 0.3) is 0 Å². The Balaban J connectivity index is 1.55. The molecular formula is C20H27NO4. The average Bonchev–Trinajstić information content (AvgIpc) is 3.12. The maximum absolute atomic E-state index is 11.6. The lowest BCUT2D eigenvalue weighted by molar-refractivity contribution is -0.153. The van der Waals surface area contributed by atoms with Crippen molar-refractivity contribution in [1.82, 2.24) is 5.32 Å².